The zero-order chi connectivity index (χ0) is 27.9. The van der Waals surface area contributed by atoms with Crippen LogP contribution in [0, 0.1) is 0 Å². The number of benzene rings is 4. The molecule has 2 aromatic heterocycles. The fraction of sp³-hybridized carbons (Fsp3) is 0.0370. The Hall–Kier alpha value is -5.78. The maximum Gasteiger partial charge on any atom is 0.208 e. The third kappa shape index (κ3) is 3.11. The number of hydrogen-bond donors (Lipinski definition) is 7. The topological polar surface area (TPSA) is 211 Å². The van der Waals surface area contributed by atoms with E-state index in [0.717, 1.165) is 30.3 Å². The van der Waals surface area contributed by atoms with E-state index in [-0.39, 0.29) is 16.7 Å². The predicted octanol–water partition coefficient (Wildman–Crippen LogP) is 3.82. The summed E-state index contributed by atoms with van der Waals surface area (Å²) in [6, 6.07) is 6.22. The first-order valence-corrected chi connectivity index (χ1v) is 11.1. The third-order valence-corrected chi connectivity index (χ3v) is 6.47. The van der Waals surface area contributed by atoms with Crippen LogP contribution in [-0.2, 0) is 0 Å². The SMILES string of the molecule is COc1cc(O)c2c(=O)c3c(O)c(-c4c(O)cc(O)c5c(=O)c6c(O)ccc(O)c6oc45)cc(O)c3oc2c1. The Labute approximate surface area is 214 Å². The summed E-state index contributed by atoms with van der Waals surface area (Å²) in [5, 5.41) is 72.3. The highest BCUT2D eigenvalue weighted by atomic mass is 16.5. The number of phenols is 7. The maximum absolute atomic E-state index is 13.4. The van der Waals surface area contributed by atoms with Crippen LogP contribution >= 0.6 is 0 Å². The second-order valence-electron chi connectivity index (χ2n) is 8.68. The fourth-order valence-electron chi connectivity index (χ4n) is 4.71. The Kier molecular flexibility index (Phi) is 4.76. The molecule has 0 saturated carbocycles. The lowest BCUT2D eigenvalue weighted by atomic mass is 9.96. The van der Waals surface area contributed by atoms with Gasteiger partial charge in [-0.05, 0) is 18.2 Å². The van der Waals surface area contributed by atoms with Gasteiger partial charge in [-0.1, -0.05) is 0 Å². The molecule has 0 fully saturated rings. The van der Waals surface area contributed by atoms with Crippen LogP contribution in [0.5, 0.6) is 46.0 Å². The molecule has 0 radical (unpaired) electrons. The summed E-state index contributed by atoms with van der Waals surface area (Å²) in [6.07, 6.45) is 0. The van der Waals surface area contributed by atoms with Crippen LogP contribution in [-0.4, -0.2) is 42.9 Å². The molecular formula is C27H16O12. The molecule has 196 valence electrons. The summed E-state index contributed by atoms with van der Waals surface area (Å²) in [4.78, 5) is 26.7. The van der Waals surface area contributed by atoms with Crippen LogP contribution in [0.1, 0.15) is 0 Å². The van der Waals surface area contributed by atoms with Crippen LogP contribution in [0.15, 0.2) is 54.8 Å². The standard InChI is InChI=1S/C27H16O12/c1-37-8-4-12(30)18-16(5-8)38-26-15(33)6-9(22(34)21(26)23(18)35)17-13(31)7-14(32)20-24(36)19-10(28)2-3-11(29)25(19)39-27(17)20/h2-7,28-34H,1H3. The van der Waals surface area contributed by atoms with Crippen molar-refractivity contribution in [2.45, 2.75) is 0 Å². The van der Waals surface area contributed by atoms with Gasteiger partial charge in [-0.3, -0.25) is 9.59 Å². The zero-order valence-corrected chi connectivity index (χ0v) is 19.6. The molecule has 0 saturated heterocycles. The molecule has 0 bridgehead atoms. The first kappa shape index (κ1) is 23.6. The van der Waals surface area contributed by atoms with Crippen molar-refractivity contribution >= 4 is 43.9 Å². The second kappa shape index (κ2) is 7.86. The van der Waals surface area contributed by atoms with Crippen LogP contribution in [0.4, 0.5) is 0 Å². The number of rotatable bonds is 2. The van der Waals surface area contributed by atoms with Crippen molar-refractivity contribution in [3.05, 3.63) is 56.8 Å². The van der Waals surface area contributed by atoms with Gasteiger partial charge in [0.1, 0.15) is 61.6 Å². The quantitative estimate of drug-likeness (QED) is 0.125. The minimum absolute atomic E-state index is 0.153. The van der Waals surface area contributed by atoms with Gasteiger partial charge in [0.05, 0.1) is 12.7 Å². The molecule has 0 amide bonds. The normalized spacial score (nSPS) is 11.6. The maximum atomic E-state index is 13.4. The van der Waals surface area contributed by atoms with E-state index in [1.54, 1.807) is 0 Å². The molecule has 39 heavy (non-hydrogen) atoms. The van der Waals surface area contributed by atoms with Gasteiger partial charge in [-0.25, -0.2) is 0 Å². The molecular weight excluding hydrogens is 516 g/mol. The minimum atomic E-state index is -0.979. The van der Waals surface area contributed by atoms with Gasteiger partial charge >= 0.3 is 0 Å². The monoisotopic (exact) mass is 532 g/mol. The van der Waals surface area contributed by atoms with Crippen LogP contribution in [0.25, 0.3) is 55.0 Å². The first-order valence-electron chi connectivity index (χ1n) is 11.1. The zero-order valence-electron chi connectivity index (χ0n) is 19.6. The van der Waals surface area contributed by atoms with E-state index in [9.17, 15) is 45.3 Å². The average molecular weight is 532 g/mol. The lowest BCUT2D eigenvalue weighted by molar-refractivity contribution is 0.408. The highest BCUT2D eigenvalue weighted by Crippen LogP contribution is 2.49. The third-order valence-electron chi connectivity index (χ3n) is 6.47. The van der Waals surface area contributed by atoms with Gasteiger partial charge in [0.25, 0.3) is 0 Å². The van der Waals surface area contributed by atoms with Crippen molar-refractivity contribution in [3.8, 4) is 57.1 Å². The van der Waals surface area contributed by atoms with Crippen molar-refractivity contribution in [2.24, 2.45) is 0 Å². The van der Waals surface area contributed by atoms with Crippen LogP contribution in [0.2, 0.25) is 0 Å². The number of fused-ring (bicyclic) bond motifs is 4. The summed E-state index contributed by atoms with van der Waals surface area (Å²) in [5.74, 6) is -4.50. The molecule has 0 aliphatic rings. The highest BCUT2D eigenvalue weighted by molar-refractivity contribution is 6.09. The first-order chi connectivity index (χ1) is 18.5. The molecule has 0 unspecified atom stereocenters. The average Bonchev–Trinajstić information content (AvgIpc) is 2.88. The number of methoxy groups -OCH3 is 1. The van der Waals surface area contributed by atoms with Gasteiger partial charge < -0.3 is 49.3 Å². The number of hydrogen-bond acceptors (Lipinski definition) is 12. The highest BCUT2D eigenvalue weighted by Gasteiger charge is 2.28. The second-order valence-corrected chi connectivity index (χ2v) is 8.68. The van der Waals surface area contributed by atoms with Gasteiger partial charge in [-0.2, -0.15) is 0 Å². The van der Waals surface area contributed by atoms with E-state index in [4.69, 9.17) is 13.6 Å². The summed E-state index contributed by atoms with van der Waals surface area (Å²) in [5.41, 5.74) is -4.45. The molecule has 4 aromatic carbocycles. The van der Waals surface area contributed by atoms with Gasteiger partial charge in [0.15, 0.2) is 28.2 Å². The van der Waals surface area contributed by atoms with Crippen molar-refractivity contribution in [2.75, 3.05) is 7.11 Å². The van der Waals surface area contributed by atoms with Gasteiger partial charge in [0, 0.05) is 23.8 Å². The Morgan fingerprint density at radius 1 is 0.590 bits per heavy atom. The number of ether oxygens (including phenoxy) is 1. The van der Waals surface area contributed by atoms with Crippen molar-refractivity contribution in [3.63, 3.8) is 0 Å². The Bertz CT molecular complexity index is 2170. The van der Waals surface area contributed by atoms with E-state index in [2.05, 4.69) is 0 Å². The van der Waals surface area contributed by atoms with Crippen LogP contribution in [0.3, 0.4) is 0 Å². The Morgan fingerprint density at radius 3 is 1.92 bits per heavy atom. The molecule has 0 atom stereocenters. The predicted molar refractivity (Wildman–Crippen MR) is 137 cm³/mol. The Balaban J connectivity index is 1.80. The van der Waals surface area contributed by atoms with E-state index in [1.807, 2.05) is 0 Å². The molecule has 0 spiro atoms. The van der Waals surface area contributed by atoms with Crippen molar-refractivity contribution in [1.29, 1.82) is 0 Å². The lowest BCUT2D eigenvalue weighted by Gasteiger charge is -2.15. The van der Waals surface area contributed by atoms with Crippen LogP contribution < -0.4 is 15.6 Å². The smallest absolute Gasteiger partial charge is 0.208 e. The molecule has 0 aliphatic heterocycles. The molecule has 6 aromatic rings. The van der Waals surface area contributed by atoms with Crippen molar-refractivity contribution in [1.82, 2.24) is 0 Å². The summed E-state index contributed by atoms with van der Waals surface area (Å²) < 4.78 is 16.3. The molecule has 7 N–H and O–H groups in total. The van der Waals surface area contributed by atoms with Crippen molar-refractivity contribution < 1.29 is 49.3 Å². The van der Waals surface area contributed by atoms with E-state index in [0.29, 0.717) is 0 Å². The summed E-state index contributed by atoms with van der Waals surface area (Å²) >= 11 is 0. The number of aromatic hydroxyl groups is 7. The van der Waals surface area contributed by atoms with E-state index < -0.39 is 95.1 Å². The van der Waals surface area contributed by atoms with Gasteiger partial charge in [0.2, 0.25) is 10.9 Å². The molecule has 12 nitrogen and oxygen atoms in total. The largest absolute Gasteiger partial charge is 0.507 e. The van der Waals surface area contributed by atoms with Gasteiger partial charge in [-0.15, -0.1) is 0 Å². The molecule has 0 aliphatic carbocycles. The molecule has 12 heteroatoms. The summed E-state index contributed by atoms with van der Waals surface area (Å²) in [7, 11) is 1.33. The van der Waals surface area contributed by atoms with E-state index in [1.165, 1.54) is 13.2 Å². The molecule has 6 rings (SSSR count). The molecule has 2 heterocycles. The fourth-order valence-corrected chi connectivity index (χ4v) is 4.71. The van der Waals surface area contributed by atoms with E-state index >= 15 is 0 Å². The Morgan fingerprint density at radius 2 is 1.21 bits per heavy atom. The summed E-state index contributed by atoms with van der Waals surface area (Å²) in [6.45, 7) is 0. The lowest BCUT2D eigenvalue weighted by Crippen LogP contribution is -2.05. The minimum Gasteiger partial charge on any atom is -0.507 e. The number of phenolic OH excluding ortho intramolecular Hbond substituents is 7.